The van der Waals surface area contributed by atoms with Crippen LogP contribution in [0.15, 0.2) is 0 Å². The fraction of sp³-hybridized carbons (Fsp3) is 1.00. The molecule has 0 amide bonds. The number of hydrogen-bond acceptors (Lipinski definition) is 1. The van der Waals surface area contributed by atoms with Crippen LogP contribution >= 0.6 is 0 Å². The van der Waals surface area contributed by atoms with Crippen molar-refractivity contribution in [3.63, 3.8) is 0 Å². The Morgan fingerprint density at radius 3 is 1.50 bits per heavy atom. The van der Waals surface area contributed by atoms with Crippen molar-refractivity contribution in [3.05, 3.63) is 0 Å². The summed E-state index contributed by atoms with van der Waals surface area (Å²) < 4.78 is 0. The molecule has 0 aromatic rings. The zero-order valence-electron chi connectivity index (χ0n) is 8.12. The molecule has 0 heterocycles. The van der Waals surface area contributed by atoms with Gasteiger partial charge >= 0.3 is 29.6 Å². The van der Waals surface area contributed by atoms with E-state index >= 15 is 0 Å². The molecule has 0 aliphatic heterocycles. The second kappa shape index (κ2) is 4.26. The molecule has 0 aromatic heterocycles. The average molecular weight is 168 g/mol. The molecule has 0 saturated heterocycles. The minimum atomic E-state index is -2.04. The van der Waals surface area contributed by atoms with E-state index in [0.717, 1.165) is 6.04 Å². The van der Waals surface area contributed by atoms with Crippen LogP contribution in [0.3, 0.4) is 0 Å². The molecule has 56 valence electrons. The van der Waals surface area contributed by atoms with Crippen molar-refractivity contribution in [2.24, 2.45) is 5.41 Å². The first-order chi connectivity index (χ1) is 3.71. The molecule has 0 radical (unpaired) electrons. The third-order valence-electron chi connectivity index (χ3n) is 0.956. The molecule has 0 spiro atoms. The molecule has 0 N–H and O–H groups in total. The van der Waals surface area contributed by atoms with Crippen molar-refractivity contribution in [2.75, 3.05) is 0 Å². The van der Waals surface area contributed by atoms with Gasteiger partial charge in [0.25, 0.3) is 0 Å². The SMILES string of the molecule is CC(C)(C)C[Si](C)(C)[O-].[Na+]. The molecule has 0 unspecified atom stereocenters. The Morgan fingerprint density at radius 2 is 1.50 bits per heavy atom. The van der Waals surface area contributed by atoms with Crippen LogP contribution < -0.4 is 34.4 Å². The Bertz CT molecular complexity index is 78.8. The molecule has 1 nitrogen and oxygen atoms in total. The second-order valence-electron chi connectivity index (χ2n) is 4.50. The zero-order valence-corrected chi connectivity index (χ0v) is 11.1. The van der Waals surface area contributed by atoms with Crippen molar-refractivity contribution in [1.29, 1.82) is 0 Å². The Balaban J connectivity index is 0. The summed E-state index contributed by atoms with van der Waals surface area (Å²) in [6, 6.07) is 0.875. The normalized spacial score (nSPS) is 12.6. The maximum absolute atomic E-state index is 11.3. The van der Waals surface area contributed by atoms with Crippen LogP contribution in [0.5, 0.6) is 0 Å². The van der Waals surface area contributed by atoms with Crippen LogP contribution in [0.25, 0.3) is 0 Å². The van der Waals surface area contributed by atoms with Crippen LogP contribution in [0, 0.1) is 5.41 Å². The van der Waals surface area contributed by atoms with Gasteiger partial charge in [-0.15, -0.1) is 0 Å². The van der Waals surface area contributed by atoms with Crippen LogP contribution in [0.1, 0.15) is 20.8 Å². The first kappa shape index (κ1) is 13.7. The molecule has 0 aromatic carbocycles. The first-order valence-electron chi connectivity index (χ1n) is 3.41. The van der Waals surface area contributed by atoms with Crippen molar-refractivity contribution >= 4 is 8.32 Å². The number of hydrogen-bond donors (Lipinski definition) is 0. The summed E-state index contributed by atoms with van der Waals surface area (Å²) in [5.41, 5.74) is 0.234. The third-order valence-corrected chi connectivity index (χ3v) is 2.87. The van der Waals surface area contributed by atoms with Gasteiger partial charge in [-0.1, -0.05) is 48.2 Å². The van der Waals surface area contributed by atoms with E-state index in [1.807, 2.05) is 13.1 Å². The minimum absolute atomic E-state index is 0. The molecular weight excluding hydrogens is 151 g/mol. The van der Waals surface area contributed by atoms with E-state index in [4.69, 9.17) is 0 Å². The van der Waals surface area contributed by atoms with Gasteiger partial charge in [0.2, 0.25) is 0 Å². The summed E-state index contributed by atoms with van der Waals surface area (Å²) in [6.07, 6.45) is 0. The van der Waals surface area contributed by atoms with Gasteiger partial charge in [0.15, 0.2) is 0 Å². The van der Waals surface area contributed by atoms with E-state index in [2.05, 4.69) is 20.8 Å². The maximum Gasteiger partial charge on any atom is 1.00 e. The molecule has 0 aliphatic carbocycles. The fourth-order valence-corrected chi connectivity index (χ4v) is 3.83. The Kier molecular flexibility index (Phi) is 5.86. The van der Waals surface area contributed by atoms with E-state index in [1.165, 1.54) is 0 Å². The molecule has 0 aliphatic rings. The fourth-order valence-electron chi connectivity index (χ4n) is 1.28. The van der Waals surface area contributed by atoms with Crippen LogP contribution in [-0.2, 0) is 0 Å². The molecule has 0 saturated carbocycles. The summed E-state index contributed by atoms with van der Waals surface area (Å²) in [7, 11) is -2.04. The molecule has 0 atom stereocenters. The Morgan fingerprint density at radius 1 is 1.20 bits per heavy atom. The van der Waals surface area contributed by atoms with Gasteiger partial charge in [-0.25, -0.2) is 0 Å². The summed E-state index contributed by atoms with van der Waals surface area (Å²) in [4.78, 5) is 11.3. The minimum Gasteiger partial charge on any atom is -0.859 e. The molecular formula is C7H17NaOSi. The van der Waals surface area contributed by atoms with Gasteiger partial charge in [-0.2, -0.15) is 0 Å². The Labute approximate surface area is 87.6 Å². The third kappa shape index (κ3) is 11.9. The quantitative estimate of drug-likeness (QED) is 0.442. The van der Waals surface area contributed by atoms with E-state index in [1.54, 1.807) is 0 Å². The monoisotopic (exact) mass is 168 g/mol. The van der Waals surface area contributed by atoms with Crippen LogP contribution in [-0.4, -0.2) is 8.32 Å². The standard InChI is InChI=1S/C7H17OSi.Na/c1-7(2,3)6-9(4,5)8;/h6H2,1-5H3;/q-1;+1. The van der Waals surface area contributed by atoms with Crippen molar-refractivity contribution in [1.82, 2.24) is 0 Å². The summed E-state index contributed by atoms with van der Waals surface area (Å²) >= 11 is 0. The van der Waals surface area contributed by atoms with Gasteiger partial charge in [0.05, 0.1) is 0 Å². The van der Waals surface area contributed by atoms with Gasteiger partial charge < -0.3 is 4.80 Å². The average Bonchev–Trinajstić information content (AvgIpc) is 1.14. The molecule has 10 heavy (non-hydrogen) atoms. The van der Waals surface area contributed by atoms with E-state index in [0.29, 0.717) is 0 Å². The molecule has 3 heteroatoms. The predicted molar refractivity (Wildman–Crippen MR) is 41.7 cm³/mol. The first-order valence-corrected chi connectivity index (χ1v) is 6.53. The zero-order chi connectivity index (χ0) is 7.71. The summed E-state index contributed by atoms with van der Waals surface area (Å²) in [5.74, 6) is 0. The van der Waals surface area contributed by atoms with Crippen molar-refractivity contribution in [3.8, 4) is 0 Å². The van der Waals surface area contributed by atoms with Crippen molar-refractivity contribution < 1.29 is 34.4 Å². The topological polar surface area (TPSA) is 23.1 Å². The maximum atomic E-state index is 11.3. The molecule has 0 rings (SSSR count). The van der Waals surface area contributed by atoms with Crippen LogP contribution in [0.2, 0.25) is 19.1 Å². The smallest absolute Gasteiger partial charge is 0.859 e. The van der Waals surface area contributed by atoms with Gasteiger partial charge in [-0.05, 0) is 5.41 Å². The second-order valence-corrected chi connectivity index (χ2v) is 8.37. The van der Waals surface area contributed by atoms with E-state index in [-0.39, 0.29) is 35.0 Å². The molecule has 0 bridgehead atoms. The van der Waals surface area contributed by atoms with Gasteiger partial charge in [-0.3, -0.25) is 0 Å². The largest absolute Gasteiger partial charge is 1.00 e. The summed E-state index contributed by atoms with van der Waals surface area (Å²) in [6.45, 7) is 10.1. The predicted octanol–water partition coefficient (Wildman–Crippen LogP) is -1.40. The van der Waals surface area contributed by atoms with Gasteiger partial charge in [0.1, 0.15) is 0 Å². The number of rotatable bonds is 1. The van der Waals surface area contributed by atoms with E-state index in [9.17, 15) is 4.80 Å². The summed E-state index contributed by atoms with van der Waals surface area (Å²) in [5, 5.41) is 0. The molecule has 0 fully saturated rings. The Hall–Kier alpha value is 1.18. The van der Waals surface area contributed by atoms with E-state index < -0.39 is 8.32 Å². The van der Waals surface area contributed by atoms with Crippen molar-refractivity contribution in [2.45, 2.75) is 39.9 Å². The van der Waals surface area contributed by atoms with Crippen LogP contribution in [0.4, 0.5) is 0 Å². The van der Waals surface area contributed by atoms with Gasteiger partial charge in [0, 0.05) is 0 Å².